The first-order chi connectivity index (χ1) is 16.2. The summed E-state index contributed by atoms with van der Waals surface area (Å²) in [6, 6.07) is 0. The van der Waals surface area contributed by atoms with Crippen LogP contribution < -0.4 is 0 Å². The summed E-state index contributed by atoms with van der Waals surface area (Å²) in [5, 5.41) is 11.4. The summed E-state index contributed by atoms with van der Waals surface area (Å²) < 4.78 is 19.1. The highest BCUT2D eigenvalue weighted by molar-refractivity contribution is 6.01. The molecule has 2 heterocycles. The minimum Gasteiger partial charge on any atom is -0.392 e. The van der Waals surface area contributed by atoms with E-state index >= 15 is 0 Å². The molecule has 194 valence electrons. The van der Waals surface area contributed by atoms with Gasteiger partial charge in [0.05, 0.1) is 17.8 Å². The third-order valence-electron chi connectivity index (χ3n) is 12.0. The van der Waals surface area contributed by atoms with Crippen molar-refractivity contribution in [2.24, 2.45) is 40.4 Å². The molecule has 0 aromatic rings. The fourth-order valence-electron chi connectivity index (χ4n) is 9.79. The minimum atomic E-state index is -0.979. The molecule has 0 radical (unpaired) electrons. The lowest BCUT2D eigenvalue weighted by molar-refractivity contribution is -0.385. The maximum atomic E-state index is 12.1. The van der Waals surface area contributed by atoms with Crippen molar-refractivity contribution in [1.29, 1.82) is 0 Å². The number of hydrogen-bond donors (Lipinski definition) is 1. The topological polar surface area (TPSA) is 65.0 Å². The second-order valence-electron chi connectivity index (χ2n) is 14.0. The highest BCUT2D eigenvalue weighted by Crippen LogP contribution is 2.67. The van der Waals surface area contributed by atoms with Gasteiger partial charge >= 0.3 is 0 Å². The molecule has 5 nitrogen and oxygen atoms in total. The Kier molecular flexibility index (Phi) is 5.08. The second kappa shape index (κ2) is 7.30. The monoisotopic (exact) mass is 484 g/mol. The number of hydrogen-bond acceptors (Lipinski definition) is 5. The maximum Gasteiger partial charge on any atom is 0.281 e. The zero-order valence-electron chi connectivity index (χ0n) is 22.6. The van der Waals surface area contributed by atoms with Crippen LogP contribution >= 0.6 is 0 Å². The molecule has 0 amide bonds. The number of carbonyl (C=O) groups is 1. The van der Waals surface area contributed by atoms with Gasteiger partial charge in [-0.15, -0.1) is 0 Å². The van der Waals surface area contributed by atoms with Crippen molar-refractivity contribution in [3.63, 3.8) is 0 Å². The normalized spacial score (nSPS) is 55.1. The zero-order valence-corrected chi connectivity index (χ0v) is 22.6. The Morgan fingerprint density at radius 1 is 1.03 bits per heavy atom. The molecule has 6 aliphatic rings. The van der Waals surface area contributed by atoms with E-state index in [1.807, 2.05) is 6.92 Å². The first-order valence-corrected chi connectivity index (χ1v) is 13.9. The summed E-state index contributed by atoms with van der Waals surface area (Å²) in [5.41, 5.74) is 0.472. The summed E-state index contributed by atoms with van der Waals surface area (Å²) in [5.74, 6) is 1.22. The quantitative estimate of drug-likeness (QED) is 0.556. The van der Waals surface area contributed by atoms with Crippen molar-refractivity contribution in [3.8, 4) is 0 Å². The van der Waals surface area contributed by atoms with E-state index in [0.29, 0.717) is 30.1 Å². The summed E-state index contributed by atoms with van der Waals surface area (Å²) >= 11 is 0. The Bertz CT molecular complexity index is 995. The van der Waals surface area contributed by atoms with Gasteiger partial charge in [-0.1, -0.05) is 32.4 Å². The predicted octanol–water partition coefficient (Wildman–Crippen LogP) is 5.56. The second-order valence-corrected chi connectivity index (χ2v) is 14.0. The van der Waals surface area contributed by atoms with Crippen LogP contribution in [-0.4, -0.2) is 40.3 Å². The van der Waals surface area contributed by atoms with Gasteiger partial charge in [0, 0.05) is 18.8 Å². The van der Waals surface area contributed by atoms with Crippen molar-refractivity contribution in [2.45, 2.75) is 116 Å². The van der Waals surface area contributed by atoms with E-state index in [2.05, 4.69) is 47.6 Å². The highest BCUT2D eigenvalue weighted by Gasteiger charge is 2.66. The maximum absolute atomic E-state index is 12.1. The molecule has 0 aromatic heterocycles. The first kappa shape index (κ1) is 24.3. The molecule has 5 fully saturated rings. The van der Waals surface area contributed by atoms with Gasteiger partial charge in [0.15, 0.2) is 5.78 Å². The van der Waals surface area contributed by atoms with E-state index < -0.39 is 11.6 Å². The fraction of sp³-hybridized carbons (Fsp3) is 0.833. The molecule has 2 saturated heterocycles. The van der Waals surface area contributed by atoms with Crippen molar-refractivity contribution < 1.29 is 24.1 Å². The molecule has 0 aromatic carbocycles. The third kappa shape index (κ3) is 3.23. The Morgan fingerprint density at radius 3 is 2.49 bits per heavy atom. The molecule has 2 aliphatic heterocycles. The number of allylic oxidation sites excluding steroid dienone is 3. The highest BCUT2D eigenvalue weighted by atomic mass is 16.9. The van der Waals surface area contributed by atoms with E-state index in [4.69, 9.17) is 14.2 Å². The molecular weight excluding hydrogens is 440 g/mol. The van der Waals surface area contributed by atoms with Crippen LogP contribution in [0.15, 0.2) is 23.8 Å². The lowest BCUT2D eigenvalue weighted by Crippen LogP contribution is -2.56. The van der Waals surface area contributed by atoms with Crippen LogP contribution in [0.3, 0.4) is 0 Å². The van der Waals surface area contributed by atoms with Crippen LogP contribution in [0.2, 0.25) is 0 Å². The van der Waals surface area contributed by atoms with Gasteiger partial charge in [0.1, 0.15) is 5.60 Å². The average molecular weight is 485 g/mol. The van der Waals surface area contributed by atoms with Crippen LogP contribution in [-0.2, 0) is 19.0 Å². The van der Waals surface area contributed by atoms with Crippen LogP contribution in [0.1, 0.15) is 87.0 Å². The summed E-state index contributed by atoms with van der Waals surface area (Å²) in [4.78, 5) is 12.1. The Balaban J connectivity index is 1.27. The largest absolute Gasteiger partial charge is 0.392 e. The van der Waals surface area contributed by atoms with Gasteiger partial charge in [-0.3, -0.25) is 4.79 Å². The van der Waals surface area contributed by atoms with Gasteiger partial charge in [-0.25, -0.2) is 0 Å². The molecule has 0 spiro atoms. The van der Waals surface area contributed by atoms with Gasteiger partial charge in [0.2, 0.25) is 0 Å². The molecule has 2 bridgehead atoms. The molecule has 6 rings (SSSR count). The number of carbonyl (C=O) groups excluding carboxylic acids is 1. The fourth-order valence-corrected chi connectivity index (χ4v) is 9.79. The first-order valence-electron chi connectivity index (χ1n) is 13.9. The lowest BCUT2D eigenvalue weighted by Gasteiger charge is -2.59. The Hall–Kier alpha value is -1.01. The summed E-state index contributed by atoms with van der Waals surface area (Å²) in [6.07, 6.45) is 11.5. The van der Waals surface area contributed by atoms with Crippen molar-refractivity contribution in [2.75, 3.05) is 0 Å². The number of rotatable bonds is 2. The van der Waals surface area contributed by atoms with Crippen LogP contribution in [0.4, 0.5) is 0 Å². The molecule has 1 N–H and O–H groups in total. The van der Waals surface area contributed by atoms with Crippen molar-refractivity contribution >= 4 is 5.78 Å². The van der Waals surface area contributed by atoms with Crippen LogP contribution in [0, 0.1) is 40.4 Å². The molecule has 5 heteroatoms. The van der Waals surface area contributed by atoms with Gasteiger partial charge in [-0.05, 0) is 100 Å². The smallest absolute Gasteiger partial charge is 0.281 e. The van der Waals surface area contributed by atoms with Gasteiger partial charge in [-0.2, -0.15) is 0 Å². The molecular formula is C30H44O5. The average Bonchev–Trinajstić information content (AvgIpc) is 3.15. The third-order valence-corrected chi connectivity index (χ3v) is 12.0. The standard InChI is InChI=1S/C30H44O5/c1-17(24-16-29(6)26(2,3)34-30(7,33-24)35-29)20-8-9-21-25-22(11-13-28(20,21)5)27(4)12-10-19(31)14-18(27)15-23(25)32/h10,12,14,17,20-25,32H,8-9,11,13,15-16H2,1-7H3. The predicted molar refractivity (Wildman–Crippen MR) is 133 cm³/mol. The number of fused-ring (bicyclic) bond motifs is 7. The van der Waals surface area contributed by atoms with Gasteiger partial charge in [0.25, 0.3) is 5.97 Å². The van der Waals surface area contributed by atoms with E-state index in [1.165, 1.54) is 19.3 Å². The Morgan fingerprint density at radius 2 is 1.77 bits per heavy atom. The van der Waals surface area contributed by atoms with E-state index in [1.54, 1.807) is 12.2 Å². The van der Waals surface area contributed by atoms with E-state index in [9.17, 15) is 9.90 Å². The van der Waals surface area contributed by atoms with Crippen molar-refractivity contribution in [1.82, 2.24) is 0 Å². The zero-order chi connectivity index (χ0) is 25.2. The number of aliphatic hydroxyl groups excluding tert-OH is 1. The lowest BCUT2D eigenvalue weighted by atomic mass is 9.46. The minimum absolute atomic E-state index is 0.0681. The molecule has 35 heavy (non-hydrogen) atoms. The molecule has 3 saturated carbocycles. The number of ketones is 1. The molecule has 11 atom stereocenters. The SMILES string of the molecule is CC(C1CC2(C)OC(C)(O1)OC2(C)C)C1CCC2C3C(O)CC4=CC(=O)C=CC4(C)C3CCC12C. The molecule has 4 aliphatic carbocycles. The number of aliphatic hydroxyl groups is 1. The summed E-state index contributed by atoms with van der Waals surface area (Å²) in [6.45, 7) is 15.5. The van der Waals surface area contributed by atoms with Crippen molar-refractivity contribution in [3.05, 3.63) is 23.8 Å². The van der Waals surface area contributed by atoms with Gasteiger partial charge < -0.3 is 19.3 Å². The van der Waals surface area contributed by atoms with E-state index in [0.717, 1.165) is 18.4 Å². The molecule has 11 unspecified atom stereocenters. The summed E-state index contributed by atoms with van der Waals surface area (Å²) in [7, 11) is 0. The number of ether oxygens (including phenoxy) is 3. The van der Waals surface area contributed by atoms with Crippen LogP contribution in [0.5, 0.6) is 0 Å². The van der Waals surface area contributed by atoms with Crippen LogP contribution in [0.25, 0.3) is 0 Å². The Labute approximate surface area is 210 Å². The van der Waals surface area contributed by atoms with E-state index in [-0.39, 0.29) is 40.3 Å².